The van der Waals surface area contributed by atoms with Crippen molar-refractivity contribution in [1.82, 2.24) is 14.7 Å². The summed E-state index contributed by atoms with van der Waals surface area (Å²) in [6.07, 6.45) is 0.682. The maximum atomic E-state index is 11.4. The van der Waals surface area contributed by atoms with Crippen LogP contribution in [0.3, 0.4) is 0 Å². The minimum absolute atomic E-state index is 0.211. The van der Waals surface area contributed by atoms with E-state index in [-0.39, 0.29) is 12.2 Å². The molecule has 0 aliphatic heterocycles. The first-order valence-corrected chi connectivity index (χ1v) is 6.32. The fourth-order valence-electron chi connectivity index (χ4n) is 2.19. The van der Waals surface area contributed by atoms with Crippen LogP contribution in [0.25, 0.3) is 10.9 Å². The van der Waals surface area contributed by atoms with Gasteiger partial charge in [0.1, 0.15) is 12.2 Å². The van der Waals surface area contributed by atoms with Gasteiger partial charge in [0, 0.05) is 17.3 Å². The number of carboxylic acids is 1. The lowest BCUT2D eigenvalue weighted by atomic mass is 10.2. The minimum atomic E-state index is -0.976. The predicted octanol–water partition coefficient (Wildman–Crippen LogP) is 2.33. The second-order valence-corrected chi connectivity index (χ2v) is 4.44. The van der Waals surface area contributed by atoms with E-state index in [0.29, 0.717) is 18.1 Å². The lowest BCUT2D eigenvalue weighted by Gasteiger charge is -2.04. The van der Waals surface area contributed by atoms with Gasteiger partial charge in [0.15, 0.2) is 5.82 Å². The number of hydrogen-bond donors (Lipinski definition) is 1. The third-order valence-corrected chi connectivity index (χ3v) is 3.15. The van der Waals surface area contributed by atoms with Crippen LogP contribution in [0.4, 0.5) is 0 Å². The summed E-state index contributed by atoms with van der Waals surface area (Å²) in [6.45, 7) is 2.19. The van der Waals surface area contributed by atoms with Gasteiger partial charge in [-0.15, -0.1) is 0 Å². The van der Waals surface area contributed by atoms with Crippen LogP contribution in [0.2, 0.25) is 0 Å². The molecular formula is C14H13N3O3. The van der Waals surface area contributed by atoms with E-state index in [0.717, 1.165) is 10.9 Å². The summed E-state index contributed by atoms with van der Waals surface area (Å²) in [5, 5.41) is 14.0. The Morgan fingerprint density at radius 2 is 2.20 bits per heavy atom. The number of benzene rings is 1. The van der Waals surface area contributed by atoms with E-state index in [9.17, 15) is 9.90 Å². The molecule has 1 aromatic carbocycles. The van der Waals surface area contributed by atoms with E-state index >= 15 is 0 Å². The third-order valence-electron chi connectivity index (χ3n) is 3.15. The highest BCUT2D eigenvalue weighted by Gasteiger charge is 2.16. The molecule has 2 heterocycles. The van der Waals surface area contributed by atoms with Gasteiger partial charge in [-0.1, -0.05) is 30.3 Å². The molecule has 0 aliphatic carbocycles. The fraction of sp³-hybridized carbons (Fsp3) is 0.214. The van der Waals surface area contributed by atoms with Crippen LogP contribution >= 0.6 is 0 Å². The summed E-state index contributed by atoms with van der Waals surface area (Å²) < 4.78 is 6.81. The summed E-state index contributed by atoms with van der Waals surface area (Å²) in [7, 11) is 0. The van der Waals surface area contributed by atoms with Crippen molar-refractivity contribution in [3.8, 4) is 0 Å². The highest BCUT2D eigenvalue weighted by molar-refractivity contribution is 5.94. The van der Waals surface area contributed by atoms with Crippen molar-refractivity contribution in [3.63, 3.8) is 0 Å². The molecule has 102 valence electrons. The average molecular weight is 271 g/mol. The molecule has 0 radical (unpaired) electrons. The van der Waals surface area contributed by atoms with Gasteiger partial charge in [0.05, 0.1) is 0 Å². The molecule has 0 bridgehead atoms. The monoisotopic (exact) mass is 271 g/mol. The Morgan fingerprint density at radius 3 is 2.90 bits per heavy atom. The maximum absolute atomic E-state index is 11.4. The summed E-state index contributed by atoms with van der Waals surface area (Å²) >= 11 is 0. The van der Waals surface area contributed by atoms with Gasteiger partial charge in [0.25, 0.3) is 0 Å². The molecule has 0 saturated carbocycles. The van der Waals surface area contributed by atoms with Crippen molar-refractivity contribution >= 4 is 16.9 Å². The molecule has 20 heavy (non-hydrogen) atoms. The van der Waals surface area contributed by atoms with E-state index < -0.39 is 5.97 Å². The van der Waals surface area contributed by atoms with Crippen molar-refractivity contribution in [3.05, 3.63) is 47.7 Å². The Balaban J connectivity index is 2.08. The zero-order chi connectivity index (χ0) is 14.1. The molecule has 6 nitrogen and oxygen atoms in total. The van der Waals surface area contributed by atoms with Crippen LogP contribution in [0, 0.1) is 0 Å². The zero-order valence-corrected chi connectivity index (χ0v) is 10.9. The molecule has 3 aromatic rings. The van der Waals surface area contributed by atoms with E-state index in [1.54, 1.807) is 10.6 Å². The highest BCUT2D eigenvalue weighted by atomic mass is 16.5. The Morgan fingerprint density at radius 1 is 1.40 bits per heavy atom. The Labute approximate surface area is 114 Å². The number of fused-ring (bicyclic) bond motifs is 1. The molecule has 0 unspecified atom stereocenters. The van der Waals surface area contributed by atoms with Crippen LogP contribution in [0.15, 0.2) is 34.9 Å². The number of para-hydroxylation sites is 1. The quantitative estimate of drug-likeness (QED) is 0.787. The molecule has 2 aromatic heterocycles. The van der Waals surface area contributed by atoms with E-state index in [4.69, 9.17) is 4.52 Å². The lowest BCUT2D eigenvalue weighted by molar-refractivity contribution is 0.0686. The van der Waals surface area contributed by atoms with Crippen molar-refractivity contribution in [2.24, 2.45) is 0 Å². The average Bonchev–Trinajstić information content (AvgIpc) is 3.04. The second-order valence-electron chi connectivity index (χ2n) is 4.44. The molecule has 0 saturated heterocycles. The van der Waals surface area contributed by atoms with Crippen LogP contribution in [-0.4, -0.2) is 25.8 Å². The number of aromatic nitrogens is 3. The van der Waals surface area contributed by atoms with Crippen molar-refractivity contribution in [2.45, 2.75) is 19.9 Å². The van der Waals surface area contributed by atoms with Crippen LogP contribution < -0.4 is 0 Å². The number of nitrogens with zero attached hydrogens (tertiary/aromatic N) is 3. The van der Waals surface area contributed by atoms with E-state index in [1.165, 1.54) is 0 Å². The van der Waals surface area contributed by atoms with Gasteiger partial charge >= 0.3 is 5.97 Å². The number of carboxylic acid groups (broad SMARTS) is 1. The first kappa shape index (κ1) is 12.4. The molecule has 0 spiro atoms. The van der Waals surface area contributed by atoms with Gasteiger partial charge < -0.3 is 14.2 Å². The summed E-state index contributed by atoms with van der Waals surface area (Å²) in [5.74, 6) is 0.0514. The number of carbonyl (C=O) groups is 1. The van der Waals surface area contributed by atoms with Crippen molar-refractivity contribution < 1.29 is 14.4 Å². The van der Waals surface area contributed by atoms with Gasteiger partial charge in [-0.05, 0) is 12.1 Å². The first-order valence-electron chi connectivity index (χ1n) is 6.32. The largest absolute Gasteiger partial charge is 0.477 e. The SMILES string of the molecule is CCc1noc(Cn2c(C(=O)O)cc3ccccc32)n1. The summed E-state index contributed by atoms with van der Waals surface area (Å²) in [5.41, 5.74) is 1.04. The van der Waals surface area contributed by atoms with Crippen LogP contribution in [0.5, 0.6) is 0 Å². The van der Waals surface area contributed by atoms with Gasteiger partial charge in [-0.25, -0.2) is 4.79 Å². The standard InChI is InChI=1S/C14H13N3O3/c1-2-12-15-13(20-16-12)8-17-10-6-4-3-5-9(10)7-11(17)14(18)19/h3-7H,2,8H2,1H3,(H,18,19). The van der Waals surface area contributed by atoms with Gasteiger partial charge in [-0.2, -0.15) is 4.98 Å². The molecule has 6 heteroatoms. The number of aryl methyl sites for hydroxylation is 1. The normalized spacial score (nSPS) is 11.1. The highest BCUT2D eigenvalue weighted by Crippen LogP contribution is 2.21. The molecule has 0 atom stereocenters. The molecule has 0 amide bonds. The molecule has 0 fully saturated rings. The summed E-state index contributed by atoms with van der Waals surface area (Å²) in [4.78, 5) is 15.6. The number of aromatic carboxylic acids is 1. The number of hydrogen-bond acceptors (Lipinski definition) is 4. The smallest absolute Gasteiger partial charge is 0.352 e. The first-order chi connectivity index (χ1) is 9.69. The molecule has 3 rings (SSSR count). The van der Waals surface area contributed by atoms with Crippen LogP contribution in [-0.2, 0) is 13.0 Å². The molecule has 1 N–H and O–H groups in total. The summed E-state index contributed by atoms with van der Waals surface area (Å²) in [6, 6.07) is 9.15. The van der Waals surface area contributed by atoms with Gasteiger partial charge in [-0.3, -0.25) is 0 Å². The number of rotatable bonds is 4. The topological polar surface area (TPSA) is 81.2 Å². The van der Waals surface area contributed by atoms with Gasteiger partial charge in [0.2, 0.25) is 5.89 Å². The Kier molecular flexibility index (Phi) is 2.98. The lowest BCUT2D eigenvalue weighted by Crippen LogP contribution is -2.09. The van der Waals surface area contributed by atoms with Crippen molar-refractivity contribution in [2.75, 3.05) is 0 Å². The fourth-order valence-corrected chi connectivity index (χ4v) is 2.19. The minimum Gasteiger partial charge on any atom is -0.477 e. The van der Waals surface area contributed by atoms with Crippen molar-refractivity contribution in [1.29, 1.82) is 0 Å². The Hall–Kier alpha value is -2.63. The third kappa shape index (κ3) is 2.05. The zero-order valence-electron chi connectivity index (χ0n) is 10.9. The predicted molar refractivity (Wildman–Crippen MR) is 71.7 cm³/mol. The molecule has 0 aliphatic rings. The maximum Gasteiger partial charge on any atom is 0.352 e. The molecular weight excluding hydrogens is 258 g/mol. The van der Waals surface area contributed by atoms with E-state index in [1.807, 2.05) is 31.2 Å². The Bertz CT molecular complexity index is 773. The second kappa shape index (κ2) is 4.80. The van der Waals surface area contributed by atoms with E-state index in [2.05, 4.69) is 10.1 Å². The van der Waals surface area contributed by atoms with Crippen LogP contribution in [0.1, 0.15) is 29.1 Å².